The van der Waals surface area contributed by atoms with Crippen LogP contribution in [0, 0.1) is 19.7 Å². The number of nitrogens with zero attached hydrogens (tertiary/aromatic N) is 5. The van der Waals surface area contributed by atoms with Crippen molar-refractivity contribution in [3.63, 3.8) is 0 Å². The average molecular weight is 660 g/mol. The Morgan fingerprint density at radius 1 is 1.10 bits per heavy atom. The first kappa shape index (κ1) is 32.7. The van der Waals surface area contributed by atoms with E-state index in [0.717, 1.165) is 22.5 Å². The molecule has 2 aromatic carbocycles. The minimum absolute atomic E-state index is 0.0822. The summed E-state index contributed by atoms with van der Waals surface area (Å²) in [6.45, 7) is 4.18. The summed E-state index contributed by atoms with van der Waals surface area (Å²) in [6, 6.07) is 8.97. The molecule has 0 aliphatic carbocycles. The van der Waals surface area contributed by atoms with Crippen LogP contribution in [0.1, 0.15) is 47.3 Å². The van der Waals surface area contributed by atoms with Gasteiger partial charge in [0.05, 0.1) is 13.2 Å². The molecule has 0 saturated carbocycles. The van der Waals surface area contributed by atoms with Gasteiger partial charge in [0, 0.05) is 56.4 Å². The Morgan fingerprint density at radius 3 is 2.79 bits per heavy atom. The number of fused-ring (bicyclic) bond motifs is 6. The molecule has 6 rings (SSSR count). The molecule has 4 bridgehead atoms. The minimum atomic E-state index is -0.617. The normalized spacial score (nSPS) is 18.8. The van der Waals surface area contributed by atoms with E-state index in [9.17, 15) is 18.8 Å². The van der Waals surface area contributed by atoms with Crippen LogP contribution in [-0.4, -0.2) is 81.2 Å². The molecule has 14 heteroatoms. The van der Waals surface area contributed by atoms with Gasteiger partial charge in [0.15, 0.2) is 18.1 Å². The smallest absolute Gasteiger partial charge is 0.258 e. The minimum Gasteiger partial charge on any atom is -0.493 e. The zero-order valence-electron chi connectivity index (χ0n) is 27.1. The average Bonchev–Trinajstić information content (AvgIpc) is 3.54. The summed E-state index contributed by atoms with van der Waals surface area (Å²) in [5.74, 6) is 0.382. The highest BCUT2D eigenvalue weighted by molar-refractivity contribution is 5.79. The second kappa shape index (κ2) is 14.2. The van der Waals surface area contributed by atoms with Crippen LogP contribution in [0.4, 0.5) is 4.39 Å². The third kappa shape index (κ3) is 7.48. The van der Waals surface area contributed by atoms with Gasteiger partial charge >= 0.3 is 0 Å². The molecular formula is C34H38FN7O6. The Balaban J connectivity index is 1.21. The molecule has 1 saturated heterocycles. The van der Waals surface area contributed by atoms with Crippen LogP contribution in [-0.2, 0) is 33.8 Å². The van der Waals surface area contributed by atoms with Gasteiger partial charge in [-0.2, -0.15) is 10.1 Å². The highest BCUT2D eigenvalue weighted by atomic mass is 19.1. The highest BCUT2D eigenvalue weighted by Crippen LogP contribution is 2.29. The number of aryl methyl sites for hydroxylation is 3. The maximum atomic E-state index is 14.7. The molecule has 4 heterocycles. The number of benzene rings is 2. The number of ether oxygens (including phenoxy) is 3. The first-order chi connectivity index (χ1) is 23.2. The Hall–Kier alpha value is -5.27. The first-order valence-corrected chi connectivity index (χ1v) is 15.9. The zero-order chi connectivity index (χ0) is 33.8. The van der Waals surface area contributed by atoms with E-state index in [-0.39, 0.29) is 50.1 Å². The van der Waals surface area contributed by atoms with Crippen molar-refractivity contribution in [1.29, 1.82) is 0 Å². The Labute approximate surface area is 276 Å². The fourth-order valence-corrected chi connectivity index (χ4v) is 6.24. The lowest BCUT2D eigenvalue weighted by atomic mass is 10.00. The first-order valence-electron chi connectivity index (χ1n) is 15.9. The molecular weight excluding hydrogens is 621 g/mol. The SMILES string of the molecule is COc1ccc2cc1OCC(=O)N[C@@H]1CN(C(=O)CCc3c(C)nc4ncnn4c3C)CC[C@H]1Oc1cc(F)cc(c1)CNC(=O)CC2. The van der Waals surface area contributed by atoms with E-state index >= 15 is 0 Å². The summed E-state index contributed by atoms with van der Waals surface area (Å²) in [6.07, 6.45) is 2.59. The maximum absolute atomic E-state index is 14.7. The number of methoxy groups -OCH3 is 1. The van der Waals surface area contributed by atoms with Gasteiger partial charge in [-0.3, -0.25) is 14.4 Å². The molecule has 4 aromatic rings. The number of piperidine rings is 1. The molecule has 2 aliphatic rings. The standard InChI is InChI=1S/C34H38FN7O6/c1-20-26(21(2)42-34(39-20)37-19-38-42)6-9-33(45)41-11-10-28-27(17-41)40-32(44)18-47-30-14-22(4-7-29(30)46-3)5-8-31(43)36-16-23-12-24(35)15-25(13-23)48-28/h4,7,12-15,19,27-28H,5-6,8-11,16-18H2,1-3H3,(H,36,43)(H,40,44)/t27-,28-/m1/s1. The van der Waals surface area contributed by atoms with Crippen LogP contribution < -0.4 is 24.8 Å². The number of hydrogen-bond acceptors (Lipinski definition) is 9. The van der Waals surface area contributed by atoms with E-state index in [4.69, 9.17) is 14.2 Å². The lowest BCUT2D eigenvalue weighted by Gasteiger charge is -2.39. The topological polar surface area (TPSA) is 149 Å². The van der Waals surface area contributed by atoms with Gasteiger partial charge in [0.2, 0.25) is 11.8 Å². The zero-order valence-corrected chi connectivity index (χ0v) is 27.1. The lowest BCUT2D eigenvalue weighted by molar-refractivity contribution is -0.135. The molecule has 48 heavy (non-hydrogen) atoms. The molecule has 0 unspecified atom stereocenters. The summed E-state index contributed by atoms with van der Waals surface area (Å²) in [5, 5.41) is 10.1. The molecule has 13 nitrogen and oxygen atoms in total. The van der Waals surface area contributed by atoms with Crippen molar-refractivity contribution >= 4 is 23.5 Å². The molecule has 0 radical (unpaired) electrons. The van der Waals surface area contributed by atoms with E-state index in [2.05, 4.69) is 25.7 Å². The summed E-state index contributed by atoms with van der Waals surface area (Å²) in [5.41, 5.74) is 3.96. The van der Waals surface area contributed by atoms with Crippen LogP contribution in [0.2, 0.25) is 0 Å². The van der Waals surface area contributed by atoms with Gasteiger partial charge in [-0.25, -0.2) is 13.9 Å². The van der Waals surface area contributed by atoms with Crippen molar-refractivity contribution in [3.8, 4) is 17.2 Å². The Bertz CT molecular complexity index is 1850. The van der Waals surface area contributed by atoms with Crippen LogP contribution in [0.25, 0.3) is 5.78 Å². The van der Waals surface area contributed by atoms with E-state index in [1.54, 1.807) is 27.6 Å². The molecule has 252 valence electrons. The predicted octanol–water partition coefficient (Wildman–Crippen LogP) is 2.63. The van der Waals surface area contributed by atoms with E-state index < -0.39 is 23.9 Å². The third-order valence-corrected chi connectivity index (χ3v) is 8.76. The Morgan fingerprint density at radius 2 is 1.96 bits per heavy atom. The summed E-state index contributed by atoms with van der Waals surface area (Å²) in [4.78, 5) is 49.8. The number of nitrogens with one attached hydrogen (secondary N) is 2. The number of rotatable bonds is 4. The molecule has 2 atom stereocenters. The predicted molar refractivity (Wildman–Crippen MR) is 171 cm³/mol. The van der Waals surface area contributed by atoms with Gasteiger partial charge in [-0.15, -0.1) is 0 Å². The second-order valence-electron chi connectivity index (χ2n) is 12.0. The number of amides is 3. The van der Waals surface area contributed by atoms with Gasteiger partial charge in [-0.1, -0.05) is 6.07 Å². The number of aromatic nitrogens is 4. The maximum Gasteiger partial charge on any atom is 0.258 e. The summed E-state index contributed by atoms with van der Waals surface area (Å²) >= 11 is 0. The quantitative estimate of drug-likeness (QED) is 0.337. The molecule has 3 amide bonds. The fourth-order valence-electron chi connectivity index (χ4n) is 6.24. The van der Waals surface area contributed by atoms with Gasteiger partial charge in [0.1, 0.15) is 24.0 Å². The van der Waals surface area contributed by atoms with Gasteiger partial charge < -0.3 is 29.7 Å². The number of hydrogen-bond donors (Lipinski definition) is 2. The van der Waals surface area contributed by atoms with Crippen LogP contribution >= 0.6 is 0 Å². The third-order valence-electron chi connectivity index (χ3n) is 8.76. The van der Waals surface area contributed by atoms with Crippen molar-refractivity contribution in [2.45, 2.75) is 64.6 Å². The van der Waals surface area contributed by atoms with E-state index in [0.29, 0.717) is 48.6 Å². The van der Waals surface area contributed by atoms with Crippen molar-refractivity contribution in [2.75, 3.05) is 26.8 Å². The van der Waals surface area contributed by atoms with Gasteiger partial charge in [-0.05, 0) is 67.6 Å². The van der Waals surface area contributed by atoms with Crippen LogP contribution in [0.3, 0.4) is 0 Å². The molecule has 2 aromatic heterocycles. The summed E-state index contributed by atoms with van der Waals surface area (Å²) in [7, 11) is 1.51. The largest absolute Gasteiger partial charge is 0.493 e. The van der Waals surface area contributed by atoms with Crippen molar-refractivity contribution in [1.82, 2.24) is 35.1 Å². The van der Waals surface area contributed by atoms with E-state index in [1.807, 2.05) is 19.9 Å². The highest BCUT2D eigenvalue weighted by Gasteiger charge is 2.34. The fraction of sp³-hybridized carbons (Fsp3) is 0.412. The lowest BCUT2D eigenvalue weighted by Crippen LogP contribution is -2.58. The summed E-state index contributed by atoms with van der Waals surface area (Å²) < 4.78 is 33.9. The molecule has 0 spiro atoms. The number of likely N-dealkylation sites (tertiary alicyclic amines) is 1. The van der Waals surface area contributed by atoms with Crippen LogP contribution in [0.15, 0.2) is 42.7 Å². The van der Waals surface area contributed by atoms with Crippen LogP contribution in [0.5, 0.6) is 17.2 Å². The van der Waals surface area contributed by atoms with E-state index in [1.165, 1.54) is 25.6 Å². The second-order valence-corrected chi connectivity index (χ2v) is 12.0. The monoisotopic (exact) mass is 659 g/mol. The number of carbonyl (C=O) groups is 3. The number of halogens is 1. The van der Waals surface area contributed by atoms with Gasteiger partial charge in [0.25, 0.3) is 11.7 Å². The van der Waals surface area contributed by atoms with Crippen molar-refractivity contribution in [3.05, 3.63) is 76.6 Å². The molecule has 2 N–H and O–H groups in total. The number of carbonyl (C=O) groups excluding carboxylic acids is 3. The molecule has 2 aliphatic heterocycles. The van der Waals surface area contributed by atoms with Crippen molar-refractivity contribution < 1.29 is 33.0 Å². The Kier molecular flexibility index (Phi) is 9.69. The molecule has 1 fully saturated rings. The van der Waals surface area contributed by atoms with Crippen molar-refractivity contribution in [2.24, 2.45) is 0 Å².